The number of benzene rings is 2. The number of H-pyrrole nitrogens is 1. The molecule has 1 atom stereocenters. The summed E-state index contributed by atoms with van der Waals surface area (Å²) in [5.74, 6) is 0.430. The van der Waals surface area contributed by atoms with Gasteiger partial charge < -0.3 is 4.90 Å². The normalized spacial score (nSPS) is 16.9. The molecule has 0 spiro atoms. The third kappa shape index (κ3) is 3.51. The van der Waals surface area contributed by atoms with Crippen LogP contribution in [-0.2, 0) is 0 Å². The van der Waals surface area contributed by atoms with Gasteiger partial charge >= 0.3 is 0 Å². The van der Waals surface area contributed by atoms with Gasteiger partial charge in [-0.05, 0) is 18.9 Å². The summed E-state index contributed by atoms with van der Waals surface area (Å²) in [4.78, 5) is 31.9. The van der Waals surface area contributed by atoms with Crippen LogP contribution in [0.4, 0.5) is 0 Å². The first-order valence-electron chi connectivity index (χ1n) is 9.07. The molecule has 0 aliphatic carbocycles. The molecule has 6 nitrogen and oxygen atoms in total. The van der Waals surface area contributed by atoms with E-state index in [2.05, 4.69) is 15.2 Å². The summed E-state index contributed by atoms with van der Waals surface area (Å²) < 4.78 is 0. The molecule has 2 aromatic carbocycles. The average Bonchev–Trinajstić information content (AvgIpc) is 3.28. The maximum atomic E-state index is 13.2. The Hall–Kier alpha value is -3.28. The Labute approximate surface area is 157 Å². The van der Waals surface area contributed by atoms with E-state index in [0.717, 1.165) is 18.4 Å². The topological polar surface area (TPSA) is 79.0 Å². The number of carbonyl (C=O) groups is 2. The van der Waals surface area contributed by atoms with Crippen molar-refractivity contribution in [1.29, 1.82) is 0 Å². The number of Topliss-reactive ketones (excluding diaryl/α,β-unsaturated/α-hetero) is 1. The Balaban J connectivity index is 1.56. The van der Waals surface area contributed by atoms with Crippen LogP contribution in [-0.4, -0.2) is 44.9 Å². The lowest BCUT2D eigenvalue weighted by atomic mass is 9.89. The Morgan fingerprint density at radius 1 is 1.04 bits per heavy atom. The Morgan fingerprint density at radius 2 is 1.81 bits per heavy atom. The number of hydrogen-bond acceptors (Lipinski definition) is 4. The van der Waals surface area contributed by atoms with Crippen molar-refractivity contribution < 1.29 is 9.59 Å². The molecule has 2 heterocycles. The van der Waals surface area contributed by atoms with Crippen molar-refractivity contribution in [3.8, 4) is 11.4 Å². The molecular formula is C21H20N4O2. The van der Waals surface area contributed by atoms with Crippen LogP contribution in [0.1, 0.15) is 33.6 Å². The van der Waals surface area contributed by atoms with E-state index < -0.39 is 0 Å². The zero-order chi connectivity index (χ0) is 18.6. The lowest BCUT2D eigenvalue weighted by Gasteiger charge is -2.32. The van der Waals surface area contributed by atoms with Crippen molar-refractivity contribution in [2.75, 3.05) is 13.1 Å². The molecule has 6 heteroatoms. The van der Waals surface area contributed by atoms with Gasteiger partial charge in [-0.25, -0.2) is 4.98 Å². The Morgan fingerprint density at radius 3 is 2.59 bits per heavy atom. The summed E-state index contributed by atoms with van der Waals surface area (Å²) in [6, 6.07) is 16.7. The van der Waals surface area contributed by atoms with Gasteiger partial charge in [0.05, 0.1) is 5.56 Å². The van der Waals surface area contributed by atoms with Gasteiger partial charge in [-0.2, -0.15) is 5.10 Å². The highest BCUT2D eigenvalue weighted by Gasteiger charge is 2.30. The van der Waals surface area contributed by atoms with E-state index in [1.807, 2.05) is 48.5 Å². The number of aromatic amines is 1. The van der Waals surface area contributed by atoms with Crippen molar-refractivity contribution in [3.05, 3.63) is 72.1 Å². The van der Waals surface area contributed by atoms with E-state index in [-0.39, 0.29) is 17.6 Å². The molecule has 27 heavy (non-hydrogen) atoms. The van der Waals surface area contributed by atoms with Gasteiger partial charge in [0.1, 0.15) is 6.33 Å². The number of piperidine rings is 1. The SMILES string of the molecule is O=C(c1ccccc1)C1CCCN(C(=O)c2ccccc2-c2ncn[nH]2)C1. The largest absolute Gasteiger partial charge is 0.338 e. The molecule has 1 aliphatic heterocycles. The Bertz CT molecular complexity index is 938. The zero-order valence-electron chi connectivity index (χ0n) is 14.8. The number of aromatic nitrogens is 3. The van der Waals surface area contributed by atoms with Crippen molar-refractivity contribution in [3.63, 3.8) is 0 Å². The minimum atomic E-state index is -0.164. The maximum absolute atomic E-state index is 13.2. The van der Waals surface area contributed by atoms with Crippen molar-refractivity contribution in [2.45, 2.75) is 12.8 Å². The highest BCUT2D eigenvalue weighted by atomic mass is 16.2. The van der Waals surface area contributed by atoms with E-state index in [0.29, 0.717) is 30.0 Å². The fraction of sp³-hybridized carbons (Fsp3) is 0.238. The molecule has 1 unspecified atom stereocenters. The number of carbonyl (C=O) groups excluding carboxylic acids is 2. The van der Waals surface area contributed by atoms with E-state index in [9.17, 15) is 9.59 Å². The number of hydrogen-bond donors (Lipinski definition) is 1. The van der Waals surface area contributed by atoms with Crippen LogP contribution in [0, 0.1) is 5.92 Å². The standard InChI is InChI=1S/C21H20N4O2/c26-19(15-7-2-1-3-8-15)16-9-6-12-25(13-16)21(27)18-11-5-4-10-17(18)20-22-14-23-24-20/h1-5,7-8,10-11,14,16H,6,9,12-13H2,(H,22,23,24). The van der Waals surface area contributed by atoms with Crippen LogP contribution in [0.5, 0.6) is 0 Å². The number of amides is 1. The second-order valence-electron chi connectivity index (χ2n) is 6.70. The van der Waals surface area contributed by atoms with Crippen molar-refractivity contribution in [1.82, 2.24) is 20.1 Å². The quantitative estimate of drug-likeness (QED) is 0.725. The zero-order valence-corrected chi connectivity index (χ0v) is 14.8. The molecule has 0 radical (unpaired) electrons. The molecule has 1 aliphatic rings. The predicted molar refractivity (Wildman–Crippen MR) is 101 cm³/mol. The molecule has 4 rings (SSSR count). The summed E-state index contributed by atoms with van der Waals surface area (Å²) in [7, 11) is 0. The highest BCUT2D eigenvalue weighted by molar-refractivity contribution is 6.01. The predicted octanol–water partition coefficient (Wildman–Crippen LogP) is 3.21. The average molecular weight is 360 g/mol. The molecule has 1 N–H and O–H groups in total. The number of likely N-dealkylation sites (tertiary alicyclic amines) is 1. The molecule has 136 valence electrons. The summed E-state index contributed by atoms with van der Waals surface area (Å²) in [5, 5.41) is 6.69. The molecule has 3 aromatic rings. The Kier molecular flexibility index (Phi) is 4.78. The minimum absolute atomic E-state index is 0.0763. The van der Waals surface area contributed by atoms with Gasteiger partial charge in [0.25, 0.3) is 5.91 Å². The molecule has 0 bridgehead atoms. The van der Waals surface area contributed by atoms with Crippen LogP contribution in [0.15, 0.2) is 60.9 Å². The van der Waals surface area contributed by atoms with Gasteiger partial charge in [-0.3, -0.25) is 14.7 Å². The fourth-order valence-electron chi connectivity index (χ4n) is 3.60. The number of rotatable bonds is 4. The van der Waals surface area contributed by atoms with Gasteiger partial charge in [0, 0.05) is 30.1 Å². The molecular weight excluding hydrogens is 340 g/mol. The van der Waals surface area contributed by atoms with E-state index in [1.54, 1.807) is 11.0 Å². The third-order valence-corrected chi connectivity index (χ3v) is 4.97. The lowest BCUT2D eigenvalue weighted by molar-refractivity contribution is 0.0637. The summed E-state index contributed by atoms with van der Waals surface area (Å²) in [5.41, 5.74) is 2.00. The van der Waals surface area contributed by atoms with E-state index in [1.165, 1.54) is 6.33 Å². The maximum Gasteiger partial charge on any atom is 0.254 e. The highest BCUT2D eigenvalue weighted by Crippen LogP contribution is 2.25. The van der Waals surface area contributed by atoms with Gasteiger partial charge in [0.15, 0.2) is 11.6 Å². The smallest absolute Gasteiger partial charge is 0.254 e. The number of ketones is 1. The summed E-state index contributed by atoms with van der Waals surface area (Å²) in [6.45, 7) is 1.10. The van der Waals surface area contributed by atoms with Gasteiger partial charge in [0.2, 0.25) is 0 Å². The van der Waals surface area contributed by atoms with Crippen LogP contribution >= 0.6 is 0 Å². The van der Waals surface area contributed by atoms with Crippen molar-refractivity contribution >= 4 is 11.7 Å². The van der Waals surface area contributed by atoms with E-state index >= 15 is 0 Å². The number of nitrogens with one attached hydrogen (secondary N) is 1. The first-order chi connectivity index (χ1) is 13.2. The summed E-state index contributed by atoms with van der Waals surface area (Å²) in [6.07, 6.45) is 3.05. The van der Waals surface area contributed by atoms with Crippen molar-refractivity contribution in [2.24, 2.45) is 5.92 Å². The first-order valence-corrected chi connectivity index (χ1v) is 9.07. The summed E-state index contributed by atoms with van der Waals surface area (Å²) >= 11 is 0. The molecule has 1 aromatic heterocycles. The molecule has 1 amide bonds. The number of nitrogens with zero attached hydrogens (tertiary/aromatic N) is 3. The van der Waals surface area contributed by atoms with E-state index in [4.69, 9.17) is 0 Å². The minimum Gasteiger partial charge on any atom is -0.338 e. The van der Waals surface area contributed by atoms with Gasteiger partial charge in [-0.1, -0.05) is 48.5 Å². The van der Waals surface area contributed by atoms with Crippen LogP contribution in [0.2, 0.25) is 0 Å². The second-order valence-corrected chi connectivity index (χ2v) is 6.70. The first kappa shape index (κ1) is 17.1. The van der Waals surface area contributed by atoms with Crippen LogP contribution < -0.4 is 0 Å². The lowest BCUT2D eigenvalue weighted by Crippen LogP contribution is -2.42. The molecule has 1 saturated heterocycles. The monoisotopic (exact) mass is 360 g/mol. The molecule has 1 fully saturated rings. The fourth-order valence-corrected chi connectivity index (χ4v) is 3.60. The second kappa shape index (κ2) is 7.53. The van der Waals surface area contributed by atoms with Gasteiger partial charge in [-0.15, -0.1) is 0 Å². The third-order valence-electron chi connectivity index (χ3n) is 4.97. The molecule has 0 saturated carbocycles. The van der Waals surface area contributed by atoms with Crippen LogP contribution in [0.25, 0.3) is 11.4 Å². The van der Waals surface area contributed by atoms with Crippen LogP contribution in [0.3, 0.4) is 0 Å².